The van der Waals surface area contributed by atoms with Crippen LogP contribution in [0.3, 0.4) is 0 Å². The van der Waals surface area contributed by atoms with Gasteiger partial charge in [-0.25, -0.2) is 0 Å². The molecule has 0 radical (unpaired) electrons. The van der Waals surface area contributed by atoms with E-state index in [0.29, 0.717) is 22.1 Å². The smallest absolute Gasteiger partial charge is 0.293 e. The predicted octanol–water partition coefficient (Wildman–Crippen LogP) is 2.97. The first-order chi connectivity index (χ1) is 11.4. The Bertz CT molecular complexity index is 739. The molecule has 7 nitrogen and oxygen atoms in total. The lowest BCUT2D eigenvalue weighted by Gasteiger charge is -2.31. The van der Waals surface area contributed by atoms with Gasteiger partial charge in [-0.1, -0.05) is 13.0 Å². The van der Waals surface area contributed by atoms with Gasteiger partial charge in [0.25, 0.3) is 11.6 Å². The third-order valence-corrected chi connectivity index (χ3v) is 5.11. The normalized spacial score (nSPS) is 20.5. The molecule has 0 unspecified atom stereocenters. The average molecular weight is 346 g/mol. The van der Waals surface area contributed by atoms with Crippen LogP contribution in [-0.2, 0) is 4.79 Å². The zero-order chi connectivity index (χ0) is 17.3. The van der Waals surface area contributed by atoms with E-state index in [-0.39, 0.29) is 21.7 Å². The second kappa shape index (κ2) is 6.64. The van der Waals surface area contributed by atoms with Crippen LogP contribution in [0.25, 0.3) is 6.08 Å². The van der Waals surface area contributed by atoms with Gasteiger partial charge in [0.2, 0.25) is 0 Å². The van der Waals surface area contributed by atoms with Gasteiger partial charge in [0, 0.05) is 19.2 Å². The molecular formula is C16H18N4O3S. The first-order valence-corrected chi connectivity index (χ1v) is 8.58. The number of nitrogens with zero attached hydrogens (tertiary/aromatic N) is 2. The minimum atomic E-state index is -0.376. The Kier molecular flexibility index (Phi) is 4.57. The van der Waals surface area contributed by atoms with Crippen LogP contribution in [0, 0.1) is 21.4 Å². The third-order valence-electron chi connectivity index (χ3n) is 4.28. The largest absolute Gasteiger partial charge is 0.366 e. The van der Waals surface area contributed by atoms with Gasteiger partial charge in [0.05, 0.1) is 9.83 Å². The zero-order valence-corrected chi connectivity index (χ0v) is 14.1. The van der Waals surface area contributed by atoms with Crippen molar-refractivity contribution in [3.05, 3.63) is 38.8 Å². The summed E-state index contributed by atoms with van der Waals surface area (Å²) in [6.07, 6.45) is 3.64. The van der Waals surface area contributed by atoms with Gasteiger partial charge in [-0.2, -0.15) is 0 Å². The third kappa shape index (κ3) is 3.43. The van der Waals surface area contributed by atoms with Crippen molar-refractivity contribution < 1.29 is 9.72 Å². The Morgan fingerprint density at radius 1 is 1.42 bits per heavy atom. The number of benzene rings is 1. The molecule has 8 heteroatoms. The molecule has 2 aliphatic heterocycles. The Hall–Kier alpha value is -2.35. The molecule has 2 saturated heterocycles. The number of anilines is 1. The summed E-state index contributed by atoms with van der Waals surface area (Å²) >= 11 is 1.02. The molecule has 2 N–H and O–H groups in total. The number of carbonyl (C=O) groups excluding carboxylic acids is 1. The van der Waals surface area contributed by atoms with E-state index in [1.54, 1.807) is 18.2 Å². The molecule has 1 aromatic rings. The zero-order valence-electron chi connectivity index (χ0n) is 13.2. The van der Waals surface area contributed by atoms with Crippen molar-refractivity contribution in [1.29, 1.82) is 5.41 Å². The highest BCUT2D eigenvalue weighted by Crippen LogP contribution is 2.34. The Morgan fingerprint density at radius 2 is 2.12 bits per heavy atom. The van der Waals surface area contributed by atoms with E-state index in [0.717, 1.165) is 37.7 Å². The van der Waals surface area contributed by atoms with Crippen molar-refractivity contribution in [3.8, 4) is 0 Å². The number of amidine groups is 1. The standard InChI is InChI=1S/C16H18N4O3S/c1-10-4-6-19(7-5-10)12-3-2-11(8-13(12)20(22)23)9-14-15(21)18-16(17)24-14/h2-3,8-10H,4-7H2,1H3,(H2,17,18,21)/b14-9+. The van der Waals surface area contributed by atoms with Crippen molar-refractivity contribution in [1.82, 2.24) is 5.32 Å². The van der Waals surface area contributed by atoms with E-state index in [4.69, 9.17) is 5.41 Å². The minimum Gasteiger partial charge on any atom is -0.366 e. The van der Waals surface area contributed by atoms with E-state index < -0.39 is 0 Å². The second-order valence-corrected chi connectivity index (χ2v) is 7.12. The summed E-state index contributed by atoms with van der Waals surface area (Å²) in [4.78, 5) is 25.2. The maximum Gasteiger partial charge on any atom is 0.293 e. The van der Waals surface area contributed by atoms with Gasteiger partial charge >= 0.3 is 0 Å². The lowest BCUT2D eigenvalue weighted by molar-refractivity contribution is -0.384. The predicted molar refractivity (Wildman–Crippen MR) is 95.1 cm³/mol. The van der Waals surface area contributed by atoms with Crippen molar-refractivity contribution >= 4 is 40.3 Å². The van der Waals surface area contributed by atoms with Crippen LogP contribution >= 0.6 is 11.8 Å². The molecule has 0 atom stereocenters. The maximum absolute atomic E-state index is 11.7. The Labute approximate surface area is 143 Å². The molecule has 2 fully saturated rings. The molecule has 126 valence electrons. The van der Waals surface area contributed by atoms with Crippen molar-refractivity contribution in [2.75, 3.05) is 18.0 Å². The van der Waals surface area contributed by atoms with Crippen molar-refractivity contribution in [2.45, 2.75) is 19.8 Å². The first kappa shape index (κ1) is 16.5. The van der Waals surface area contributed by atoms with E-state index in [2.05, 4.69) is 17.1 Å². The van der Waals surface area contributed by atoms with E-state index in [1.807, 2.05) is 0 Å². The maximum atomic E-state index is 11.7. The Balaban J connectivity index is 1.90. The second-order valence-electron chi connectivity index (χ2n) is 6.07. The van der Waals surface area contributed by atoms with Crippen molar-refractivity contribution in [3.63, 3.8) is 0 Å². The molecule has 2 heterocycles. The first-order valence-electron chi connectivity index (χ1n) is 7.77. The number of hydrogen-bond donors (Lipinski definition) is 2. The Morgan fingerprint density at radius 3 is 2.71 bits per heavy atom. The number of carbonyl (C=O) groups is 1. The number of nitro benzene ring substituents is 1. The molecule has 24 heavy (non-hydrogen) atoms. The summed E-state index contributed by atoms with van der Waals surface area (Å²) in [5.41, 5.74) is 1.27. The molecule has 0 spiro atoms. The highest BCUT2D eigenvalue weighted by atomic mass is 32.2. The number of piperidine rings is 1. The molecule has 1 amide bonds. The quantitative estimate of drug-likeness (QED) is 0.498. The monoisotopic (exact) mass is 346 g/mol. The summed E-state index contributed by atoms with van der Waals surface area (Å²) in [5, 5.41) is 21.4. The molecule has 0 bridgehead atoms. The topological polar surface area (TPSA) is 99.3 Å². The summed E-state index contributed by atoms with van der Waals surface area (Å²) < 4.78 is 0. The number of hydrogen-bond acceptors (Lipinski definition) is 6. The van der Waals surface area contributed by atoms with E-state index in [9.17, 15) is 14.9 Å². The molecule has 3 rings (SSSR count). The van der Waals surface area contributed by atoms with Crippen LogP contribution < -0.4 is 10.2 Å². The van der Waals surface area contributed by atoms with Gasteiger partial charge in [0.15, 0.2) is 5.17 Å². The van der Waals surface area contributed by atoms with Crippen LogP contribution in [0.4, 0.5) is 11.4 Å². The van der Waals surface area contributed by atoms with E-state index >= 15 is 0 Å². The van der Waals surface area contributed by atoms with Crippen LogP contribution in [0.2, 0.25) is 0 Å². The van der Waals surface area contributed by atoms with Gasteiger partial charge in [0.1, 0.15) is 5.69 Å². The van der Waals surface area contributed by atoms with Crippen LogP contribution in [0.15, 0.2) is 23.1 Å². The number of nitrogens with one attached hydrogen (secondary N) is 2. The van der Waals surface area contributed by atoms with Crippen molar-refractivity contribution in [2.24, 2.45) is 5.92 Å². The molecule has 0 aliphatic carbocycles. The van der Waals surface area contributed by atoms with Gasteiger partial charge in [-0.05, 0) is 48.2 Å². The summed E-state index contributed by atoms with van der Waals surface area (Å²) in [7, 11) is 0. The summed E-state index contributed by atoms with van der Waals surface area (Å²) in [6.45, 7) is 3.83. The molecule has 1 aromatic carbocycles. The van der Waals surface area contributed by atoms with Crippen LogP contribution in [0.1, 0.15) is 25.3 Å². The fraction of sp³-hybridized carbons (Fsp3) is 0.375. The lowest BCUT2D eigenvalue weighted by atomic mass is 9.98. The van der Waals surface area contributed by atoms with Gasteiger partial charge in [-0.3, -0.25) is 20.3 Å². The molecule has 0 aromatic heterocycles. The lowest BCUT2D eigenvalue weighted by Crippen LogP contribution is -2.33. The molecule has 0 saturated carbocycles. The van der Waals surface area contributed by atoms with Crippen LogP contribution in [-0.4, -0.2) is 29.1 Å². The number of nitro groups is 1. The summed E-state index contributed by atoms with van der Waals surface area (Å²) in [5.74, 6) is 0.305. The van der Waals surface area contributed by atoms with Gasteiger partial charge < -0.3 is 10.2 Å². The number of thioether (sulfide) groups is 1. The number of rotatable bonds is 3. The minimum absolute atomic E-state index is 0.0531. The van der Waals surface area contributed by atoms with E-state index in [1.165, 1.54) is 6.07 Å². The molecule has 2 aliphatic rings. The van der Waals surface area contributed by atoms with Gasteiger partial charge in [-0.15, -0.1) is 0 Å². The summed E-state index contributed by atoms with van der Waals surface area (Å²) in [6, 6.07) is 5.03. The van der Waals surface area contributed by atoms with Crippen LogP contribution in [0.5, 0.6) is 0 Å². The fourth-order valence-electron chi connectivity index (χ4n) is 2.89. The average Bonchev–Trinajstić information content (AvgIpc) is 2.85. The highest BCUT2D eigenvalue weighted by molar-refractivity contribution is 8.18. The SMILES string of the molecule is CC1CCN(c2ccc(/C=C3/SC(=N)NC3=O)cc2[N+](=O)[O-])CC1. The fourth-order valence-corrected chi connectivity index (χ4v) is 3.59. The molecular weight excluding hydrogens is 328 g/mol. The highest BCUT2D eigenvalue weighted by Gasteiger charge is 2.25. The number of amides is 1.